The molecule has 1 atom stereocenters. The summed E-state index contributed by atoms with van der Waals surface area (Å²) in [5.41, 5.74) is 1.32. The van der Waals surface area contributed by atoms with Gasteiger partial charge >= 0.3 is 0 Å². The van der Waals surface area contributed by atoms with E-state index < -0.39 is 11.9 Å². The average molecular weight is 343 g/mol. The van der Waals surface area contributed by atoms with E-state index in [1.807, 2.05) is 13.8 Å². The number of amides is 1. The highest BCUT2D eigenvalue weighted by Crippen LogP contribution is 2.38. The molecule has 3 rings (SSSR count). The van der Waals surface area contributed by atoms with E-state index in [0.29, 0.717) is 35.3 Å². The van der Waals surface area contributed by atoms with E-state index >= 15 is 0 Å². The molecule has 0 saturated carbocycles. The zero-order valence-corrected chi connectivity index (χ0v) is 14.9. The first-order valence-electron chi connectivity index (χ1n) is 8.40. The van der Waals surface area contributed by atoms with Crippen LogP contribution in [0.1, 0.15) is 71.0 Å². The van der Waals surface area contributed by atoms with E-state index in [0.717, 1.165) is 0 Å². The van der Waals surface area contributed by atoms with Crippen LogP contribution in [0.15, 0.2) is 28.7 Å². The van der Waals surface area contributed by atoms with Gasteiger partial charge in [0.1, 0.15) is 11.6 Å². The highest BCUT2D eigenvalue weighted by atomic mass is 19.1. The molecule has 0 bridgehead atoms. The van der Waals surface area contributed by atoms with Gasteiger partial charge in [-0.05, 0) is 25.3 Å². The van der Waals surface area contributed by atoms with Crippen molar-refractivity contribution >= 4 is 11.7 Å². The van der Waals surface area contributed by atoms with E-state index in [-0.39, 0.29) is 22.8 Å². The van der Waals surface area contributed by atoms with Gasteiger partial charge in [-0.25, -0.2) is 4.39 Å². The lowest BCUT2D eigenvalue weighted by Gasteiger charge is -2.27. The lowest BCUT2D eigenvalue weighted by Crippen LogP contribution is -2.27. The summed E-state index contributed by atoms with van der Waals surface area (Å²) in [5, 5.41) is 2.75. The van der Waals surface area contributed by atoms with Crippen LogP contribution in [0, 0.1) is 18.2 Å². The van der Waals surface area contributed by atoms with Gasteiger partial charge in [0, 0.05) is 24.0 Å². The van der Waals surface area contributed by atoms with Gasteiger partial charge in [-0.3, -0.25) is 9.59 Å². The van der Waals surface area contributed by atoms with Gasteiger partial charge < -0.3 is 9.73 Å². The first-order chi connectivity index (χ1) is 11.7. The molecule has 0 aliphatic heterocycles. The van der Waals surface area contributed by atoms with Crippen molar-refractivity contribution in [3.8, 4) is 0 Å². The second-order valence-corrected chi connectivity index (χ2v) is 7.51. The molecule has 132 valence electrons. The quantitative estimate of drug-likeness (QED) is 0.900. The van der Waals surface area contributed by atoms with Gasteiger partial charge in [-0.15, -0.1) is 0 Å². The van der Waals surface area contributed by atoms with Gasteiger partial charge in [0.2, 0.25) is 0 Å². The Morgan fingerprint density at radius 1 is 1.28 bits per heavy atom. The van der Waals surface area contributed by atoms with Crippen molar-refractivity contribution in [1.29, 1.82) is 0 Å². The number of carbonyl (C=O) groups excluding carboxylic acids is 2. The first-order valence-corrected chi connectivity index (χ1v) is 8.40. The molecular weight excluding hydrogens is 321 g/mol. The SMILES string of the molecule is Cc1c(C(=O)NC(C)c2ccccc2F)oc2c1C(=O)CC(C)(C)C2. The molecule has 1 aromatic heterocycles. The zero-order valence-electron chi connectivity index (χ0n) is 14.9. The summed E-state index contributed by atoms with van der Waals surface area (Å²) in [6.07, 6.45) is 1.05. The maximum Gasteiger partial charge on any atom is 0.287 e. The molecule has 1 N–H and O–H groups in total. The fourth-order valence-electron chi connectivity index (χ4n) is 3.47. The normalized spacial score (nSPS) is 17.1. The number of carbonyl (C=O) groups is 2. The summed E-state index contributed by atoms with van der Waals surface area (Å²) in [5.74, 6) is -0.0914. The molecule has 1 aliphatic carbocycles. The molecule has 1 aliphatic rings. The molecule has 25 heavy (non-hydrogen) atoms. The number of benzene rings is 1. The third-order valence-electron chi connectivity index (χ3n) is 4.70. The summed E-state index contributed by atoms with van der Waals surface area (Å²) in [6, 6.07) is 5.80. The largest absolute Gasteiger partial charge is 0.455 e. The van der Waals surface area contributed by atoms with E-state index in [2.05, 4.69) is 5.32 Å². The maximum atomic E-state index is 13.9. The molecule has 0 spiro atoms. The van der Waals surface area contributed by atoms with Crippen LogP contribution < -0.4 is 5.32 Å². The Morgan fingerprint density at radius 3 is 2.64 bits per heavy atom. The average Bonchev–Trinajstić information content (AvgIpc) is 2.83. The monoisotopic (exact) mass is 343 g/mol. The maximum absolute atomic E-state index is 13.9. The fourth-order valence-corrected chi connectivity index (χ4v) is 3.47. The number of fused-ring (bicyclic) bond motifs is 1. The van der Waals surface area contributed by atoms with Crippen LogP contribution in [-0.4, -0.2) is 11.7 Å². The summed E-state index contributed by atoms with van der Waals surface area (Å²) < 4.78 is 19.6. The van der Waals surface area contributed by atoms with Crippen molar-refractivity contribution in [3.05, 3.63) is 58.3 Å². The van der Waals surface area contributed by atoms with Gasteiger partial charge in [0.05, 0.1) is 11.6 Å². The zero-order chi connectivity index (χ0) is 18.4. The van der Waals surface area contributed by atoms with Crippen molar-refractivity contribution in [2.24, 2.45) is 5.41 Å². The predicted octanol–water partition coefficient (Wildman–Crippen LogP) is 4.37. The minimum Gasteiger partial charge on any atom is -0.455 e. The van der Waals surface area contributed by atoms with E-state index in [4.69, 9.17) is 4.42 Å². The number of ketones is 1. The Morgan fingerprint density at radius 2 is 1.96 bits per heavy atom. The van der Waals surface area contributed by atoms with E-state index in [9.17, 15) is 14.0 Å². The molecule has 2 aromatic rings. The Kier molecular flexibility index (Phi) is 4.27. The lowest BCUT2D eigenvalue weighted by molar-refractivity contribution is 0.0883. The van der Waals surface area contributed by atoms with Crippen LogP contribution in [0.4, 0.5) is 4.39 Å². The first kappa shape index (κ1) is 17.4. The molecule has 5 heteroatoms. The molecule has 1 unspecified atom stereocenters. The molecule has 1 heterocycles. The number of hydrogen-bond acceptors (Lipinski definition) is 3. The van der Waals surface area contributed by atoms with Gasteiger partial charge in [0.15, 0.2) is 11.5 Å². The topological polar surface area (TPSA) is 59.3 Å². The standard InChI is InChI=1S/C20H22FNO3/c1-11-17-15(23)9-20(3,4)10-16(17)25-18(11)19(24)22-12(2)13-7-5-6-8-14(13)21/h5-8,12H,9-10H2,1-4H3,(H,22,24). The number of halogens is 1. The van der Waals surface area contributed by atoms with Gasteiger partial charge in [-0.1, -0.05) is 32.0 Å². The summed E-state index contributed by atoms with van der Waals surface area (Å²) in [4.78, 5) is 25.0. The minimum atomic E-state index is -0.512. The van der Waals surface area contributed by atoms with Crippen molar-refractivity contribution in [2.75, 3.05) is 0 Å². The highest BCUT2D eigenvalue weighted by Gasteiger charge is 2.37. The van der Waals surface area contributed by atoms with Crippen LogP contribution in [-0.2, 0) is 6.42 Å². The Bertz CT molecular complexity index is 851. The summed E-state index contributed by atoms with van der Waals surface area (Å²) in [6.45, 7) is 7.45. The second kappa shape index (κ2) is 6.14. The van der Waals surface area contributed by atoms with Crippen LogP contribution >= 0.6 is 0 Å². The number of rotatable bonds is 3. The fraction of sp³-hybridized carbons (Fsp3) is 0.400. The Balaban J connectivity index is 1.87. The van der Waals surface area contributed by atoms with E-state index in [1.54, 1.807) is 32.0 Å². The van der Waals surface area contributed by atoms with Crippen LogP contribution in [0.3, 0.4) is 0 Å². The Hall–Kier alpha value is -2.43. The number of furan rings is 1. The highest BCUT2D eigenvalue weighted by molar-refractivity contribution is 6.03. The molecule has 4 nitrogen and oxygen atoms in total. The van der Waals surface area contributed by atoms with Gasteiger partial charge in [0.25, 0.3) is 5.91 Å². The van der Waals surface area contributed by atoms with Crippen molar-refractivity contribution in [1.82, 2.24) is 5.32 Å². The predicted molar refractivity (Wildman–Crippen MR) is 92.2 cm³/mol. The summed E-state index contributed by atoms with van der Waals surface area (Å²) in [7, 11) is 0. The molecule has 1 aromatic carbocycles. The third-order valence-corrected chi connectivity index (χ3v) is 4.70. The van der Waals surface area contributed by atoms with Crippen molar-refractivity contribution in [3.63, 3.8) is 0 Å². The Labute approximate surface area is 146 Å². The van der Waals surface area contributed by atoms with Crippen LogP contribution in [0.25, 0.3) is 0 Å². The van der Waals surface area contributed by atoms with Crippen molar-refractivity contribution in [2.45, 2.75) is 46.6 Å². The van der Waals surface area contributed by atoms with Crippen LogP contribution in [0.5, 0.6) is 0 Å². The van der Waals surface area contributed by atoms with E-state index in [1.165, 1.54) is 6.07 Å². The molecule has 0 radical (unpaired) electrons. The van der Waals surface area contributed by atoms with Crippen molar-refractivity contribution < 1.29 is 18.4 Å². The number of Topliss-reactive ketones (excluding diaryl/α,β-unsaturated/α-hetero) is 1. The second-order valence-electron chi connectivity index (χ2n) is 7.51. The number of hydrogen-bond donors (Lipinski definition) is 1. The summed E-state index contributed by atoms with van der Waals surface area (Å²) >= 11 is 0. The molecule has 0 saturated heterocycles. The lowest BCUT2D eigenvalue weighted by atomic mass is 9.76. The molecule has 1 amide bonds. The smallest absolute Gasteiger partial charge is 0.287 e. The molecule has 0 fully saturated rings. The number of nitrogens with one attached hydrogen (secondary N) is 1. The van der Waals surface area contributed by atoms with Gasteiger partial charge in [-0.2, -0.15) is 0 Å². The van der Waals surface area contributed by atoms with Crippen LogP contribution in [0.2, 0.25) is 0 Å². The minimum absolute atomic E-state index is 0.00806. The molecular formula is C20H22FNO3. The third kappa shape index (κ3) is 3.23.